The molecule has 1 aromatic carbocycles. The lowest BCUT2D eigenvalue weighted by Crippen LogP contribution is -2.06. The first-order valence-corrected chi connectivity index (χ1v) is 6.38. The van der Waals surface area contributed by atoms with Gasteiger partial charge in [-0.15, -0.1) is 0 Å². The summed E-state index contributed by atoms with van der Waals surface area (Å²) in [6.45, 7) is 0. The van der Waals surface area contributed by atoms with Crippen molar-refractivity contribution in [3.63, 3.8) is 0 Å². The molecule has 1 aromatic rings. The number of esters is 1. The largest absolute Gasteiger partial charge is 0.469 e. The number of carbonyl (C=O) groups excluding carboxylic acids is 1. The number of hydrogen-bond acceptors (Lipinski definition) is 3. The van der Waals surface area contributed by atoms with E-state index in [2.05, 4.69) is 42.7 Å². The van der Waals surface area contributed by atoms with Crippen LogP contribution < -0.4 is 0 Å². The molecule has 0 aliphatic rings. The first kappa shape index (κ1) is 13.2. The number of halogens is 2. The predicted octanol–water partition coefficient (Wildman–Crippen LogP) is 2.93. The number of nitriles is 1. The molecule has 1 rings (SSSR count). The molecule has 0 aromatic heterocycles. The van der Waals surface area contributed by atoms with E-state index in [1.165, 1.54) is 7.11 Å². The van der Waals surface area contributed by atoms with Gasteiger partial charge in [-0.1, -0.05) is 31.9 Å². The van der Waals surface area contributed by atoms with Crippen LogP contribution in [0, 0.1) is 11.3 Å². The lowest BCUT2D eigenvalue weighted by molar-refractivity contribution is -0.139. The number of nitrogens with zero attached hydrogens (tertiary/aromatic N) is 1. The number of rotatable bonds is 3. The summed E-state index contributed by atoms with van der Waals surface area (Å²) in [4.78, 5) is 11.2. The second-order valence-corrected chi connectivity index (χ2v) is 4.46. The highest BCUT2D eigenvalue weighted by Gasteiger charge is 2.11. The Morgan fingerprint density at radius 2 is 2.12 bits per heavy atom. The molecule has 0 unspecified atom stereocenters. The molecule has 0 heterocycles. The van der Waals surface area contributed by atoms with Gasteiger partial charge in [0.15, 0.2) is 0 Å². The molecule has 0 saturated carbocycles. The number of methoxy groups -OCH3 is 1. The van der Waals surface area contributed by atoms with Crippen molar-refractivity contribution >= 4 is 37.8 Å². The van der Waals surface area contributed by atoms with Crippen LogP contribution in [0.5, 0.6) is 0 Å². The van der Waals surface area contributed by atoms with Crippen LogP contribution in [0.3, 0.4) is 0 Å². The lowest BCUT2D eigenvalue weighted by atomic mass is 10.0. The first-order valence-electron chi connectivity index (χ1n) is 4.46. The highest BCUT2D eigenvalue weighted by molar-refractivity contribution is 9.10. The molecule has 0 radical (unpaired) electrons. The summed E-state index contributed by atoms with van der Waals surface area (Å²) < 4.78 is 5.44. The van der Waals surface area contributed by atoms with Gasteiger partial charge >= 0.3 is 5.97 Å². The predicted molar refractivity (Wildman–Crippen MR) is 67.2 cm³/mol. The maximum atomic E-state index is 11.2. The highest BCUT2D eigenvalue weighted by Crippen LogP contribution is 2.26. The Bertz CT molecular complexity index is 452. The van der Waals surface area contributed by atoms with Gasteiger partial charge in [-0.25, -0.2) is 0 Å². The van der Waals surface area contributed by atoms with Gasteiger partial charge in [0, 0.05) is 9.80 Å². The Morgan fingerprint density at radius 3 is 2.62 bits per heavy atom. The third-order valence-corrected chi connectivity index (χ3v) is 3.68. The Hall–Kier alpha value is -0.860. The summed E-state index contributed by atoms with van der Waals surface area (Å²) in [5.41, 5.74) is 2.25. The average molecular weight is 347 g/mol. The fourth-order valence-electron chi connectivity index (χ4n) is 1.27. The summed E-state index contributed by atoms with van der Waals surface area (Å²) in [5.74, 6) is -0.323. The molecule has 0 aliphatic heterocycles. The van der Waals surface area contributed by atoms with Crippen molar-refractivity contribution in [2.45, 2.75) is 11.8 Å². The monoisotopic (exact) mass is 345 g/mol. The van der Waals surface area contributed by atoms with E-state index >= 15 is 0 Å². The van der Waals surface area contributed by atoms with Crippen LogP contribution in [0.2, 0.25) is 0 Å². The number of alkyl halides is 1. The van der Waals surface area contributed by atoms with Crippen LogP contribution in [-0.4, -0.2) is 13.1 Å². The smallest absolute Gasteiger partial charge is 0.310 e. The van der Waals surface area contributed by atoms with E-state index in [0.717, 1.165) is 15.6 Å². The zero-order chi connectivity index (χ0) is 12.1. The summed E-state index contributed by atoms with van der Waals surface area (Å²) in [6, 6.07) is 5.53. The summed E-state index contributed by atoms with van der Waals surface area (Å²) in [6.07, 6.45) is 0.159. The molecule has 84 valence electrons. The molecular formula is C11H9Br2NO2. The van der Waals surface area contributed by atoms with Crippen LogP contribution in [0.4, 0.5) is 0 Å². The molecule has 0 N–H and O–H groups in total. The van der Waals surface area contributed by atoms with E-state index in [1.54, 1.807) is 12.1 Å². The van der Waals surface area contributed by atoms with Crippen molar-refractivity contribution in [1.82, 2.24) is 0 Å². The normalized spacial score (nSPS) is 9.62. The van der Waals surface area contributed by atoms with Crippen LogP contribution in [0.25, 0.3) is 0 Å². The number of ether oxygens (including phenoxy) is 1. The zero-order valence-electron chi connectivity index (χ0n) is 8.59. The van der Waals surface area contributed by atoms with E-state index in [1.807, 2.05) is 0 Å². The maximum Gasteiger partial charge on any atom is 0.310 e. The summed E-state index contributed by atoms with van der Waals surface area (Å²) in [5, 5.41) is 9.49. The van der Waals surface area contributed by atoms with Gasteiger partial charge in [0.05, 0.1) is 25.2 Å². The highest BCUT2D eigenvalue weighted by atomic mass is 79.9. The Balaban J connectivity index is 3.17. The summed E-state index contributed by atoms with van der Waals surface area (Å²) >= 11 is 6.75. The maximum absolute atomic E-state index is 11.2. The Morgan fingerprint density at radius 1 is 1.50 bits per heavy atom. The van der Waals surface area contributed by atoms with Gasteiger partial charge in [0.25, 0.3) is 0 Å². The SMILES string of the molecule is COC(=O)Cc1cc(C#N)cc(CBr)c1Br. The van der Waals surface area contributed by atoms with E-state index < -0.39 is 0 Å². The topological polar surface area (TPSA) is 50.1 Å². The van der Waals surface area contributed by atoms with Gasteiger partial charge in [-0.05, 0) is 23.3 Å². The van der Waals surface area contributed by atoms with Crippen molar-refractivity contribution in [2.75, 3.05) is 7.11 Å². The van der Waals surface area contributed by atoms with Crippen molar-refractivity contribution in [1.29, 1.82) is 5.26 Å². The first-order chi connectivity index (χ1) is 7.62. The van der Waals surface area contributed by atoms with Crippen LogP contribution in [0.15, 0.2) is 16.6 Å². The third kappa shape index (κ3) is 3.06. The standard InChI is InChI=1S/C11H9Br2NO2/c1-16-10(15)4-8-2-7(6-14)3-9(5-12)11(8)13/h2-3H,4-5H2,1H3. The minimum Gasteiger partial charge on any atom is -0.469 e. The molecule has 0 aliphatic carbocycles. The van der Waals surface area contributed by atoms with E-state index in [0.29, 0.717) is 10.9 Å². The minimum absolute atomic E-state index is 0.159. The zero-order valence-corrected chi connectivity index (χ0v) is 11.8. The molecular weight excluding hydrogens is 338 g/mol. The molecule has 0 bridgehead atoms. The third-order valence-electron chi connectivity index (χ3n) is 2.06. The molecule has 0 saturated heterocycles. The van der Waals surface area contributed by atoms with Crippen LogP contribution in [-0.2, 0) is 21.3 Å². The van der Waals surface area contributed by atoms with Crippen molar-refractivity contribution < 1.29 is 9.53 Å². The number of benzene rings is 1. The second kappa shape index (κ2) is 6.02. The Labute approximate surface area is 111 Å². The van der Waals surface area contributed by atoms with Crippen molar-refractivity contribution in [3.8, 4) is 6.07 Å². The molecule has 16 heavy (non-hydrogen) atoms. The van der Waals surface area contributed by atoms with Crippen molar-refractivity contribution in [2.24, 2.45) is 0 Å². The molecule has 0 amide bonds. The molecule has 0 spiro atoms. The van der Waals surface area contributed by atoms with Gasteiger partial charge < -0.3 is 4.74 Å². The fourth-order valence-corrected chi connectivity index (χ4v) is 2.60. The fraction of sp³-hybridized carbons (Fsp3) is 0.273. The lowest BCUT2D eigenvalue weighted by Gasteiger charge is -2.08. The molecule has 3 nitrogen and oxygen atoms in total. The van der Waals surface area contributed by atoms with Gasteiger partial charge in [0.2, 0.25) is 0 Å². The second-order valence-electron chi connectivity index (χ2n) is 3.11. The number of carbonyl (C=O) groups is 1. The number of hydrogen-bond donors (Lipinski definition) is 0. The van der Waals surface area contributed by atoms with Gasteiger partial charge in [-0.2, -0.15) is 5.26 Å². The van der Waals surface area contributed by atoms with E-state index in [-0.39, 0.29) is 12.4 Å². The van der Waals surface area contributed by atoms with E-state index in [9.17, 15) is 4.79 Å². The minimum atomic E-state index is -0.323. The average Bonchev–Trinajstić information content (AvgIpc) is 2.31. The summed E-state index contributed by atoms with van der Waals surface area (Å²) in [7, 11) is 1.34. The van der Waals surface area contributed by atoms with Crippen LogP contribution >= 0.6 is 31.9 Å². The van der Waals surface area contributed by atoms with Gasteiger partial charge in [-0.3, -0.25) is 4.79 Å². The van der Waals surface area contributed by atoms with Gasteiger partial charge in [0.1, 0.15) is 0 Å². The van der Waals surface area contributed by atoms with E-state index in [4.69, 9.17) is 5.26 Å². The molecule has 5 heteroatoms. The van der Waals surface area contributed by atoms with Crippen LogP contribution in [0.1, 0.15) is 16.7 Å². The molecule has 0 atom stereocenters. The quantitative estimate of drug-likeness (QED) is 0.624. The van der Waals surface area contributed by atoms with Crippen molar-refractivity contribution in [3.05, 3.63) is 33.3 Å². The Kier molecular flexibility index (Phi) is 4.97. The molecule has 0 fully saturated rings.